The summed E-state index contributed by atoms with van der Waals surface area (Å²) in [4.78, 5) is 18.9. The summed E-state index contributed by atoms with van der Waals surface area (Å²) in [5, 5.41) is 4.38. The zero-order chi connectivity index (χ0) is 11.7. The minimum Gasteiger partial charge on any atom is -0.316 e. The van der Waals surface area contributed by atoms with Gasteiger partial charge in [-0.1, -0.05) is 13.8 Å². The molecule has 5 heteroatoms. The summed E-state index contributed by atoms with van der Waals surface area (Å²) in [7, 11) is 0. The van der Waals surface area contributed by atoms with Gasteiger partial charge in [0.1, 0.15) is 11.2 Å². The van der Waals surface area contributed by atoms with Crippen molar-refractivity contribution >= 4 is 11.2 Å². The largest absolute Gasteiger partial charge is 0.316 e. The van der Waals surface area contributed by atoms with Crippen LogP contribution in [0.1, 0.15) is 31.7 Å². The summed E-state index contributed by atoms with van der Waals surface area (Å²) in [6.07, 6.45) is 1.64. The van der Waals surface area contributed by atoms with Crippen LogP contribution in [0.2, 0.25) is 0 Å². The van der Waals surface area contributed by atoms with Crippen LogP contribution in [0.3, 0.4) is 0 Å². The number of rotatable bonds is 3. The summed E-state index contributed by atoms with van der Waals surface area (Å²) in [6, 6.07) is 0. The minimum atomic E-state index is -0.103. The smallest absolute Gasteiger partial charge is 0.270 e. The van der Waals surface area contributed by atoms with Crippen LogP contribution in [0, 0.1) is 6.92 Å². The van der Waals surface area contributed by atoms with Crippen LogP contribution >= 0.6 is 0 Å². The molecule has 2 heterocycles. The number of H-pyrrole nitrogens is 1. The van der Waals surface area contributed by atoms with Crippen molar-refractivity contribution in [1.29, 1.82) is 0 Å². The second kappa shape index (κ2) is 4.08. The lowest BCUT2D eigenvalue weighted by Gasteiger charge is -2.00. The fourth-order valence-electron chi connectivity index (χ4n) is 1.80. The van der Waals surface area contributed by atoms with Crippen LogP contribution in [0.5, 0.6) is 0 Å². The Hall–Kier alpha value is -1.65. The van der Waals surface area contributed by atoms with Crippen LogP contribution in [-0.4, -0.2) is 19.7 Å². The summed E-state index contributed by atoms with van der Waals surface area (Å²) >= 11 is 0. The van der Waals surface area contributed by atoms with Crippen LogP contribution in [0.4, 0.5) is 0 Å². The zero-order valence-electron chi connectivity index (χ0n) is 9.87. The maximum atomic E-state index is 11.6. The lowest BCUT2D eigenvalue weighted by Crippen LogP contribution is -2.15. The van der Waals surface area contributed by atoms with Crippen LogP contribution in [-0.2, 0) is 13.0 Å². The van der Waals surface area contributed by atoms with Gasteiger partial charge in [-0.3, -0.25) is 4.79 Å². The van der Waals surface area contributed by atoms with Crippen molar-refractivity contribution in [1.82, 2.24) is 19.7 Å². The van der Waals surface area contributed by atoms with E-state index in [0.29, 0.717) is 12.1 Å². The molecule has 0 atom stereocenters. The molecule has 0 aliphatic rings. The van der Waals surface area contributed by atoms with Crippen molar-refractivity contribution in [2.75, 3.05) is 0 Å². The van der Waals surface area contributed by atoms with Crippen molar-refractivity contribution in [2.45, 2.75) is 40.2 Å². The molecule has 0 bridgehead atoms. The number of aromatic amines is 1. The second-order valence-electron chi connectivity index (χ2n) is 3.87. The van der Waals surface area contributed by atoms with Crippen LogP contribution in [0.25, 0.3) is 11.2 Å². The van der Waals surface area contributed by atoms with Gasteiger partial charge in [-0.05, 0) is 19.8 Å². The highest BCUT2D eigenvalue weighted by atomic mass is 16.1. The van der Waals surface area contributed by atoms with E-state index in [1.54, 1.807) is 0 Å². The molecule has 0 spiro atoms. The topological polar surface area (TPSA) is 63.6 Å². The van der Waals surface area contributed by atoms with E-state index in [1.165, 1.54) is 0 Å². The number of hydrogen-bond acceptors (Lipinski definition) is 3. The van der Waals surface area contributed by atoms with Crippen molar-refractivity contribution in [2.24, 2.45) is 0 Å². The lowest BCUT2D eigenvalue weighted by molar-refractivity contribution is 0.611. The number of aromatic nitrogens is 4. The van der Waals surface area contributed by atoms with Crippen molar-refractivity contribution in [3.63, 3.8) is 0 Å². The Morgan fingerprint density at radius 2 is 2.12 bits per heavy atom. The molecule has 16 heavy (non-hydrogen) atoms. The van der Waals surface area contributed by atoms with Crippen LogP contribution < -0.4 is 5.56 Å². The van der Waals surface area contributed by atoms with E-state index >= 15 is 0 Å². The third-order valence-corrected chi connectivity index (χ3v) is 2.61. The average molecular weight is 220 g/mol. The Bertz CT molecular complexity index is 567. The monoisotopic (exact) mass is 220 g/mol. The fourth-order valence-corrected chi connectivity index (χ4v) is 1.80. The van der Waals surface area contributed by atoms with E-state index in [0.717, 1.165) is 29.8 Å². The molecule has 1 N–H and O–H groups in total. The molecule has 0 unspecified atom stereocenters. The standard InChI is InChI=1S/C11H16N4O/c1-4-6-15-10-9(7(3)14-15)13-11(16)8(5-2)12-10/h4-6H2,1-3H3,(H,13,16). The Kier molecular flexibility index (Phi) is 2.77. The van der Waals surface area contributed by atoms with Crippen molar-refractivity contribution in [3.05, 3.63) is 21.7 Å². The molecule has 0 amide bonds. The Labute approximate surface area is 93.5 Å². The van der Waals surface area contributed by atoms with Gasteiger partial charge >= 0.3 is 0 Å². The first-order chi connectivity index (χ1) is 7.67. The first-order valence-electron chi connectivity index (χ1n) is 5.63. The van der Waals surface area contributed by atoms with Gasteiger partial charge in [0.05, 0.1) is 5.69 Å². The quantitative estimate of drug-likeness (QED) is 0.850. The normalized spacial score (nSPS) is 11.2. The van der Waals surface area contributed by atoms with E-state index in [-0.39, 0.29) is 5.56 Å². The summed E-state index contributed by atoms with van der Waals surface area (Å²) < 4.78 is 1.86. The molecular formula is C11H16N4O. The predicted molar refractivity (Wildman–Crippen MR) is 62.6 cm³/mol. The van der Waals surface area contributed by atoms with Crippen molar-refractivity contribution in [3.8, 4) is 0 Å². The van der Waals surface area contributed by atoms with E-state index < -0.39 is 0 Å². The zero-order valence-corrected chi connectivity index (χ0v) is 9.87. The van der Waals surface area contributed by atoms with Gasteiger partial charge in [-0.25, -0.2) is 9.67 Å². The summed E-state index contributed by atoms with van der Waals surface area (Å²) in [5.74, 6) is 0. The Balaban J connectivity index is 2.72. The second-order valence-corrected chi connectivity index (χ2v) is 3.87. The highest BCUT2D eigenvalue weighted by Crippen LogP contribution is 2.12. The first-order valence-corrected chi connectivity index (χ1v) is 5.63. The first kappa shape index (κ1) is 10.9. The average Bonchev–Trinajstić information content (AvgIpc) is 2.55. The Morgan fingerprint density at radius 3 is 2.75 bits per heavy atom. The number of aryl methyl sites for hydroxylation is 3. The van der Waals surface area contributed by atoms with Gasteiger partial charge in [-0.15, -0.1) is 0 Å². The van der Waals surface area contributed by atoms with Crippen molar-refractivity contribution < 1.29 is 0 Å². The molecule has 0 radical (unpaired) electrons. The third-order valence-electron chi connectivity index (χ3n) is 2.61. The highest BCUT2D eigenvalue weighted by Gasteiger charge is 2.11. The van der Waals surface area contributed by atoms with Gasteiger partial charge < -0.3 is 4.98 Å². The van der Waals surface area contributed by atoms with Crippen LogP contribution in [0.15, 0.2) is 4.79 Å². The van der Waals surface area contributed by atoms with E-state index in [1.807, 2.05) is 18.5 Å². The van der Waals surface area contributed by atoms with Gasteiger partial charge in [0.2, 0.25) is 0 Å². The molecule has 0 aliphatic heterocycles. The maximum Gasteiger partial charge on any atom is 0.270 e. The molecule has 0 aliphatic carbocycles. The number of nitrogens with one attached hydrogen (secondary N) is 1. The maximum absolute atomic E-state index is 11.6. The number of fused-ring (bicyclic) bond motifs is 1. The molecule has 0 saturated heterocycles. The van der Waals surface area contributed by atoms with E-state index in [2.05, 4.69) is 22.0 Å². The molecule has 2 aromatic heterocycles. The molecule has 0 saturated carbocycles. The molecule has 0 aromatic carbocycles. The van der Waals surface area contributed by atoms with Gasteiger partial charge in [0.15, 0.2) is 5.65 Å². The molecule has 2 aromatic rings. The molecule has 5 nitrogen and oxygen atoms in total. The fraction of sp³-hybridized carbons (Fsp3) is 0.545. The SMILES string of the molecule is CCCn1nc(C)c2[nH]c(=O)c(CC)nc21. The van der Waals surface area contributed by atoms with E-state index in [9.17, 15) is 4.79 Å². The number of nitrogens with zero attached hydrogens (tertiary/aromatic N) is 3. The van der Waals surface area contributed by atoms with Gasteiger partial charge in [-0.2, -0.15) is 5.10 Å². The molecular weight excluding hydrogens is 204 g/mol. The summed E-state index contributed by atoms with van der Waals surface area (Å²) in [6.45, 7) is 6.73. The van der Waals surface area contributed by atoms with E-state index in [4.69, 9.17) is 0 Å². The Morgan fingerprint density at radius 1 is 1.38 bits per heavy atom. The lowest BCUT2D eigenvalue weighted by atomic mass is 10.3. The summed E-state index contributed by atoms with van der Waals surface area (Å²) in [5.41, 5.74) is 2.85. The van der Waals surface area contributed by atoms with Gasteiger partial charge in [0.25, 0.3) is 5.56 Å². The molecule has 86 valence electrons. The predicted octanol–water partition coefficient (Wildman–Crippen LogP) is 1.40. The number of hydrogen-bond donors (Lipinski definition) is 1. The molecule has 0 fully saturated rings. The third kappa shape index (κ3) is 1.62. The highest BCUT2D eigenvalue weighted by molar-refractivity contribution is 5.73. The van der Waals surface area contributed by atoms with Gasteiger partial charge in [0, 0.05) is 6.54 Å². The molecule has 2 rings (SSSR count). The minimum absolute atomic E-state index is 0.103.